The fourth-order valence-electron chi connectivity index (χ4n) is 3.66. The van der Waals surface area contributed by atoms with Gasteiger partial charge in [-0.1, -0.05) is 6.07 Å². The Morgan fingerprint density at radius 3 is 2.63 bits per heavy atom. The molecule has 1 heterocycles. The van der Waals surface area contributed by atoms with E-state index in [0.717, 1.165) is 17.8 Å². The van der Waals surface area contributed by atoms with Crippen LogP contribution in [0.25, 0.3) is 11.8 Å². The third-order valence-electron chi connectivity index (χ3n) is 5.62. The summed E-state index contributed by atoms with van der Waals surface area (Å²) in [6.45, 7) is 4.78. The lowest BCUT2D eigenvalue weighted by molar-refractivity contribution is -0.130. The van der Waals surface area contributed by atoms with Gasteiger partial charge in [-0.15, -0.1) is 11.3 Å². The van der Waals surface area contributed by atoms with Gasteiger partial charge in [0.1, 0.15) is 20.9 Å². The molecule has 1 aromatic heterocycles. The van der Waals surface area contributed by atoms with Crippen molar-refractivity contribution < 1.29 is 19.8 Å². The van der Waals surface area contributed by atoms with Crippen LogP contribution in [0.5, 0.6) is 0 Å². The first-order chi connectivity index (χ1) is 16.5. The number of benzene rings is 1. The summed E-state index contributed by atoms with van der Waals surface area (Å²) >= 11 is 1.01. The van der Waals surface area contributed by atoms with Crippen molar-refractivity contribution in [3.63, 3.8) is 0 Å². The van der Waals surface area contributed by atoms with Crippen molar-refractivity contribution in [3.8, 4) is 6.07 Å². The van der Waals surface area contributed by atoms with Gasteiger partial charge in [-0.2, -0.15) is 5.26 Å². The van der Waals surface area contributed by atoms with Gasteiger partial charge in [0.25, 0.3) is 17.4 Å². The van der Waals surface area contributed by atoms with Crippen molar-refractivity contribution in [3.05, 3.63) is 43.8 Å². The Hall–Kier alpha value is -3.46. The molecule has 35 heavy (non-hydrogen) atoms. The Balaban J connectivity index is 1.91. The van der Waals surface area contributed by atoms with Crippen LogP contribution in [-0.4, -0.2) is 44.3 Å². The van der Waals surface area contributed by atoms with Gasteiger partial charge in [0, 0.05) is 24.1 Å². The third-order valence-corrected chi connectivity index (χ3v) is 6.75. The maximum atomic E-state index is 12.9. The van der Waals surface area contributed by atoms with Crippen molar-refractivity contribution in [1.29, 1.82) is 5.26 Å². The number of anilines is 2. The number of nitrogens with zero attached hydrogens (tertiary/aromatic N) is 2. The number of nitrogens with one attached hydrogen (secondary N) is 3. The zero-order valence-electron chi connectivity index (χ0n) is 19.8. The zero-order chi connectivity index (χ0) is 25.8. The van der Waals surface area contributed by atoms with Crippen molar-refractivity contribution in [2.24, 2.45) is 0 Å². The molecular weight excluding hydrogens is 470 g/mol. The Labute approximate surface area is 206 Å². The summed E-state index contributed by atoms with van der Waals surface area (Å²) in [5.74, 6) is -1.17. The second-order valence-electron chi connectivity index (χ2n) is 8.77. The second-order valence-corrected chi connectivity index (χ2v) is 9.80. The van der Waals surface area contributed by atoms with Crippen molar-refractivity contribution in [2.75, 3.05) is 10.6 Å². The molecule has 2 aromatic rings. The number of rotatable bonds is 7. The molecule has 10 nitrogen and oxygen atoms in total. The third kappa shape index (κ3) is 6.16. The molecular formula is C24H29N5O5S. The lowest BCUT2D eigenvalue weighted by atomic mass is 10.1. The molecule has 0 saturated heterocycles. The Bertz CT molecular complexity index is 1330. The van der Waals surface area contributed by atoms with E-state index in [1.54, 1.807) is 31.2 Å². The minimum atomic E-state index is -1.54. The Kier molecular flexibility index (Phi) is 8.11. The van der Waals surface area contributed by atoms with Crippen LogP contribution >= 0.6 is 11.3 Å². The van der Waals surface area contributed by atoms with Gasteiger partial charge < -0.3 is 26.2 Å². The number of carbonyl (C=O) groups is 2. The maximum absolute atomic E-state index is 12.9. The molecule has 0 radical (unpaired) electrons. The molecule has 1 aromatic carbocycles. The highest BCUT2D eigenvalue weighted by atomic mass is 32.1. The van der Waals surface area contributed by atoms with Crippen LogP contribution in [-0.2, 0) is 16.1 Å². The predicted molar refractivity (Wildman–Crippen MR) is 134 cm³/mol. The lowest BCUT2D eigenvalue weighted by Crippen LogP contribution is -2.42. The van der Waals surface area contributed by atoms with E-state index in [1.807, 2.05) is 6.07 Å². The molecule has 1 aliphatic rings. The summed E-state index contributed by atoms with van der Waals surface area (Å²) in [5.41, 5.74) is -1.03. The number of aromatic nitrogens is 1. The highest BCUT2D eigenvalue weighted by molar-refractivity contribution is 7.07. The minimum absolute atomic E-state index is 0.177. The molecule has 11 heteroatoms. The SMILES string of the molecule is CCn1c(=O)/c(=C\Nc2cccc(NC(=O)C(C)(C)O)c2)s/c1=C(/C#N)C(=O)N[C@H]1CCC[C@@H]1O. The molecule has 2 atom stereocenters. The number of thiazole rings is 1. The molecule has 1 aliphatic carbocycles. The Morgan fingerprint density at radius 2 is 2.03 bits per heavy atom. The zero-order valence-corrected chi connectivity index (χ0v) is 20.6. The van der Waals surface area contributed by atoms with Crippen LogP contribution in [0, 0.1) is 11.3 Å². The van der Waals surface area contributed by atoms with Crippen molar-refractivity contribution in [1.82, 2.24) is 9.88 Å². The fourth-order valence-corrected chi connectivity index (χ4v) is 4.74. The first-order valence-electron chi connectivity index (χ1n) is 11.3. The van der Waals surface area contributed by atoms with Crippen LogP contribution in [0.1, 0.15) is 40.0 Å². The van der Waals surface area contributed by atoms with E-state index in [1.165, 1.54) is 24.6 Å². The van der Waals surface area contributed by atoms with Gasteiger partial charge in [-0.3, -0.25) is 19.0 Å². The molecule has 2 amide bonds. The van der Waals surface area contributed by atoms with E-state index < -0.39 is 29.6 Å². The van der Waals surface area contributed by atoms with Crippen LogP contribution < -0.4 is 30.7 Å². The average Bonchev–Trinajstić information content (AvgIpc) is 3.34. The average molecular weight is 500 g/mol. The summed E-state index contributed by atoms with van der Waals surface area (Å²) in [6, 6.07) is 8.23. The molecule has 1 saturated carbocycles. The number of amides is 2. The lowest BCUT2D eigenvalue weighted by Gasteiger charge is -2.16. The van der Waals surface area contributed by atoms with E-state index in [9.17, 15) is 29.9 Å². The van der Waals surface area contributed by atoms with Gasteiger partial charge in [0.05, 0.1) is 12.1 Å². The number of carbonyl (C=O) groups excluding carboxylic acids is 2. The van der Waals surface area contributed by atoms with E-state index >= 15 is 0 Å². The van der Waals surface area contributed by atoms with Crippen molar-refractivity contribution in [2.45, 2.75) is 64.3 Å². The van der Waals surface area contributed by atoms with E-state index in [4.69, 9.17) is 0 Å². The number of aliphatic hydroxyl groups excluding tert-OH is 1. The largest absolute Gasteiger partial charge is 0.391 e. The normalized spacial score (nSPS) is 19.1. The van der Waals surface area contributed by atoms with Crippen LogP contribution in [0.4, 0.5) is 11.4 Å². The number of hydrogen-bond donors (Lipinski definition) is 5. The van der Waals surface area contributed by atoms with Gasteiger partial charge >= 0.3 is 0 Å². The van der Waals surface area contributed by atoms with Gasteiger partial charge in [-0.05, 0) is 58.2 Å². The quantitative estimate of drug-likeness (QED) is 0.364. The summed E-state index contributed by atoms with van der Waals surface area (Å²) in [7, 11) is 0. The fraction of sp³-hybridized carbons (Fsp3) is 0.417. The molecule has 186 valence electrons. The number of nitriles is 1. The van der Waals surface area contributed by atoms with Gasteiger partial charge in [-0.25, -0.2) is 0 Å². The van der Waals surface area contributed by atoms with Crippen LogP contribution in [0.3, 0.4) is 0 Å². The number of hydrogen-bond acceptors (Lipinski definition) is 8. The molecule has 1 fully saturated rings. The molecule has 5 N–H and O–H groups in total. The smallest absolute Gasteiger partial charge is 0.270 e. The number of aliphatic hydroxyl groups is 2. The van der Waals surface area contributed by atoms with E-state index in [0.29, 0.717) is 24.2 Å². The first-order valence-corrected chi connectivity index (χ1v) is 12.1. The molecule has 0 spiro atoms. The molecule has 0 unspecified atom stereocenters. The summed E-state index contributed by atoms with van der Waals surface area (Å²) in [6.07, 6.45) is 2.86. The summed E-state index contributed by atoms with van der Waals surface area (Å²) < 4.78 is 1.89. The maximum Gasteiger partial charge on any atom is 0.270 e. The van der Waals surface area contributed by atoms with E-state index in [2.05, 4.69) is 16.0 Å². The van der Waals surface area contributed by atoms with Gasteiger partial charge in [0.15, 0.2) is 5.57 Å². The Morgan fingerprint density at radius 1 is 1.31 bits per heavy atom. The van der Waals surface area contributed by atoms with E-state index in [-0.39, 0.29) is 26.9 Å². The minimum Gasteiger partial charge on any atom is -0.391 e. The highest BCUT2D eigenvalue weighted by Gasteiger charge is 2.28. The molecule has 0 bridgehead atoms. The first kappa shape index (κ1) is 26.2. The monoisotopic (exact) mass is 499 g/mol. The predicted octanol–water partition coefficient (Wildman–Crippen LogP) is 0.193. The van der Waals surface area contributed by atoms with Crippen molar-refractivity contribution >= 4 is 46.3 Å². The molecule has 0 aliphatic heterocycles. The van der Waals surface area contributed by atoms with Crippen LogP contribution in [0.2, 0.25) is 0 Å². The second kappa shape index (κ2) is 10.9. The highest BCUT2D eigenvalue weighted by Crippen LogP contribution is 2.19. The topological polar surface area (TPSA) is 156 Å². The van der Waals surface area contributed by atoms with Crippen LogP contribution in [0.15, 0.2) is 29.1 Å². The molecule has 3 rings (SSSR count). The summed E-state index contributed by atoms with van der Waals surface area (Å²) in [5, 5.41) is 37.8. The standard InChI is InChI=1S/C24H29N5O5S/c1-4-29-21(32)19(13-26-14-7-5-8-15(11-14)27-23(33)24(2,3)34)35-22(29)16(12-25)20(31)28-17-9-6-10-18(17)30/h5,7-8,11,13,17-18,26,30,34H,4,6,9-10H2,1-3H3,(H,27,33)(H,28,31)/b19-13+,22-16-/t17-,18-/m0/s1. The summed E-state index contributed by atoms with van der Waals surface area (Å²) in [4.78, 5) is 37.7. The van der Waals surface area contributed by atoms with Gasteiger partial charge in [0.2, 0.25) is 0 Å².